The van der Waals surface area contributed by atoms with Gasteiger partial charge in [0.25, 0.3) is 0 Å². The highest BCUT2D eigenvalue weighted by molar-refractivity contribution is 7.99. The Kier molecular flexibility index (Phi) is 7.99. The Morgan fingerprint density at radius 2 is 2.00 bits per heavy atom. The van der Waals surface area contributed by atoms with Crippen molar-refractivity contribution in [2.75, 3.05) is 35.7 Å². The molecule has 1 aromatic heterocycles. The third-order valence-corrected chi connectivity index (χ3v) is 6.59. The maximum Gasteiger partial charge on any atom is 0.338 e. The van der Waals surface area contributed by atoms with Crippen molar-refractivity contribution in [1.82, 2.24) is 15.5 Å². The molecule has 0 bridgehead atoms. The largest absolute Gasteiger partial charge is 0.462 e. The van der Waals surface area contributed by atoms with Crippen molar-refractivity contribution in [1.29, 1.82) is 0 Å². The number of nitrogens with zero attached hydrogens (tertiary/aromatic N) is 3. The molecule has 34 heavy (non-hydrogen) atoms. The van der Waals surface area contributed by atoms with Gasteiger partial charge in [-0.1, -0.05) is 17.8 Å². The highest BCUT2D eigenvalue weighted by atomic mass is 32.2. The van der Waals surface area contributed by atoms with Gasteiger partial charge in [-0.05, 0) is 62.9 Å². The molecule has 2 aliphatic rings. The van der Waals surface area contributed by atoms with Crippen LogP contribution < -0.4 is 15.5 Å². The van der Waals surface area contributed by atoms with Crippen LogP contribution in [0.15, 0.2) is 41.4 Å². The van der Waals surface area contributed by atoms with Gasteiger partial charge in [0.05, 0.1) is 23.8 Å². The summed E-state index contributed by atoms with van der Waals surface area (Å²) in [7, 11) is 0. The van der Waals surface area contributed by atoms with Crippen LogP contribution in [0.4, 0.5) is 11.5 Å². The summed E-state index contributed by atoms with van der Waals surface area (Å²) in [4.78, 5) is 38.7. The van der Waals surface area contributed by atoms with Gasteiger partial charge in [0.1, 0.15) is 5.03 Å². The van der Waals surface area contributed by atoms with Crippen molar-refractivity contribution in [3.8, 4) is 0 Å². The van der Waals surface area contributed by atoms with E-state index in [-0.39, 0.29) is 23.5 Å². The van der Waals surface area contributed by atoms with E-state index in [1.165, 1.54) is 11.8 Å². The van der Waals surface area contributed by atoms with Crippen LogP contribution in [0.1, 0.15) is 43.0 Å². The van der Waals surface area contributed by atoms with Crippen LogP contribution in [0.5, 0.6) is 0 Å². The topological polar surface area (TPSA) is 114 Å². The summed E-state index contributed by atoms with van der Waals surface area (Å²) in [6, 6.07) is 10.7. The van der Waals surface area contributed by atoms with Gasteiger partial charge in [0.15, 0.2) is 5.82 Å². The lowest BCUT2D eigenvalue weighted by Crippen LogP contribution is -2.44. The van der Waals surface area contributed by atoms with E-state index in [0.29, 0.717) is 35.5 Å². The molecule has 0 radical (unpaired) electrons. The number of piperidine rings is 1. The van der Waals surface area contributed by atoms with E-state index in [4.69, 9.17) is 4.74 Å². The van der Waals surface area contributed by atoms with Gasteiger partial charge in [-0.3, -0.25) is 9.59 Å². The van der Waals surface area contributed by atoms with Crippen molar-refractivity contribution in [3.05, 3.63) is 42.0 Å². The van der Waals surface area contributed by atoms with Gasteiger partial charge in [0.2, 0.25) is 11.8 Å². The van der Waals surface area contributed by atoms with Crippen LogP contribution in [0.2, 0.25) is 0 Å². The average molecular weight is 484 g/mol. The minimum absolute atomic E-state index is 0.0174. The van der Waals surface area contributed by atoms with Gasteiger partial charge < -0.3 is 20.3 Å². The standard InChI is InChI=1S/C24H29N5O4S/c1-2-33-24(32)16-5-3-7-19(13-16)25-21(30)15-34-22-11-10-20(27-28-22)29-12-4-6-17(14-29)23(31)26-18-8-9-18/h3,5,7,10-11,13,17-18H,2,4,6,8-9,12,14-15H2,1H3,(H,25,30)(H,26,31)/t17-/m0/s1. The third kappa shape index (κ3) is 6.69. The summed E-state index contributed by atoms with van der Waals surface area (Å²) in [5.41, 5.74) is 0.918. The number of hydrogen-bond acceptors (Lipinski definition) is 8. The zero-order valence-electron chi connectivity index (χ0n) is 19.2. The molecule has 4 rings (SSSR count). The monoisotopic (exact) mass is 483 g/mol. The molecule has 1 saturated carbocycles. The van der Waals surface area contributed by atoms with Crippen molar-refractivity contribution in [2.24, 2.45) is 5.92 Å². The van der Waals surface area contributed by atoms with Crippen LogP contribution >= 0.6 is 11.8 Å². The lowest BCUT2D eigenvalue weighted by atomic mass is 9.97. The van der Waals surface area contributed by atoms with Crippen molar-refractivity contribution < 1.29 is 19.1 Å². The normalized spacial score (nSPS) is 17.7. The predicted molar refractivity (Wildman–Crippen MR) is 130 cm³/mol. The fourth-order valence-electron chi connectivity index (χ4n) is 3.78. The SMILES string of the molecule is CCOC(=O)c1cccc(NC(=O)CSc2ccc(N3CCC[C@H](C(=O)NC4CC4)C3)nn2)c1. The zero-order valence-corrected chi connectivity index (χ0v) is 20.0. The first kappa shape index (κ1) is 24.0. The van der Waals surface area contributed by atoms with Crippen molar-refractivity contribution in [3.63, 3.8) is 0 Å². The minimum Gasteiger partial charge on any atom is -0.462 e. The molecular formula is C24H29N5O4S. The number of aromatic nitrogens is 2. The smallest absolute Gasteiger partial charge is 0.338 e. The highest BCUT2D eigenvalue weighted by Crippen LogP contribution is 2.25. The van der Waals surface area contributed by atoms with Crippen LogP contribution in [-0.4, -0.2) is 59.5 Å². The molecule has 0 spiro atoms. The van der Waals surface area contributed by atoms with Gasteiger partial charge in [-0.25, -0.2) is 4.79 Å². The predicted octanol–water partition coefficient (Wildman–Crippen LogP) is 2.88. The number of hydrogen-bond donors (Lipinski definition) is 2. The Labute approximate surface area is 203 Å². The number of benzene rings is 1. The van der Waals surface area contributed by atoms with E-state index >= 15 is 0 Å². The molecule has 9 nitrogen and oxygen atoms in total. The van der Waals surface area contributed by atoms with Crippen LogP contribution in [0.25, 0.3) is 0 Å². The molecule has 1 aromatic carbocycles. The van der Waals surface area contributed by atoms with E-state index in [1.807, 2.05) is 12.1 Å². The number of carbonyl (C=O) groups is 3. The van der Waals surface area contributed by atoms with Crippen molar-refractivity contribution >= 4 is 41.1 Å². The fourth-order valence-corrected chi connectivity index (χ4v) is 4.39. The van der Waals surface area contributed by atoms with Crippen molar-refractivity contribution in [2.45, 2.75) is 43.7 Å². The summed E-state index contributed by atoms with van der Waals surface area (Å²) in [6.45, 7) is 3.53. The van der Waals surface area contributed by atoms with E-state index in [2.05, 4.69) is 25.7 Å². The Morgan fingerprint density at radius 3 is 2.74 bits per heavy atom. The number of nitrogens with one attached hydrogen (secondary N) is 2. The van der Waals surface area contributed by atoms with Crippen LogP contribution in [-0.2, 0) is 14.3 Å². The summed E-state index contributed by atoms with van der Waals surface area (Å²) < 4.78 is 4.99. The molecular weight excluding hydrogens is 454 g/mol. The van der Waals surface area contributed by atoms with E-state index < -0.39 is 5.97 Å². The number of thioether (sulfide) groups is 1. The lowest BCUT2D eigenvalue weighted by Gasteiger charge is -2.32. The molecule has 2 fully saturated rings. The third-order valence-electron chi connectivity index (χ3n) is 5.67. The maximum atomic E-state index is 12.4. The molecule has 2 aromatic rings. The second-order valence-corrected chi connectivity index (χ2v) is 9.43. The zero-order chi connectivity index (χ0) is 23.9. The fraction of sp³-hybridized carbons (Fsp3) is 0.458. The highest BCUT2D eigenvalue weighted by Gasteiger charge is 2.31. The number of rotatable bonds is 9. The molecule has 2 N–H and O–H groups in total. The Balaban J connectivity index is 1.26. The minimum atomic E-state index is -0.424. The molecule has 180 valence electrons. The van der Waals surface area contributed by atoms with Gasteiger partial charge in [-0.15, -0.1) is 10.2 Å². The van der Waals surface area contributed by atoms with Gasteiger partial charge in [0, 0.05) is 24.8 Å². The van der Waals surface area contributed by atoms with Gasteiger partial charge in [-0.2, -0.15) is 0 Å². The summed E-state index contributed by atoms with van der Waals surface area (Å²) in [5.74, 6) is 0.394. The summed E-state index contributed by atoms with van der Waals surface area (Å²) in [5, 5.41) is 15.1. The lowest BCUT2D eigenvalue weighted by molar-refractivity contribution is -0.125. The van der Waals surface area contributed by atoms with E-state index in [0.717, 1.165) is 38.0 Å². The molecule has 10 heteroatoms. The number of anilines is 2. The van der Waals surface area contributed by atoms with Crippen LogP contribution in [0, 0.1) is 5.92 Å². The number of ether oxygens (including phenoxy) is 1. The number of esters is 1. The second kappa shape index (κ2) is 11.3. The first-order chi connectivity index (χ1) is 16.5. The first-order valence-electron chi connectivity index (χ1n) is 11.6. The molecule has 1 atom stereocenters. The maximum absolute atomic E-state index is 12.4. The van der Waals surface area contributed by atoms with Crippen LogP contribution in [0.3, 0.4) is 0 Å². The Morgan fingerprint density at radius 1 is 1.15 bits per heavy atom. The second-order valence-electron chi connectivity index (χ2n) is 8.44. The molecule has 1 saturated heterocycles. The molecule has 1 aliphatic carbocycles. The van der Waals surface area contributed by atoms with E-state index in [9.17, 15) is 14.4 Å². The number of carbonyl (C=O) groups excluding carboxylic acids is 3. The molecule has 1 aliphatic heterocycles. The quantitative estimate of drug-likeness (QED) is 0.414. The summed E-state index contributed by atoms with van der Waals surface area (Å²) >= 11 is 1.28. The molecule has 2 heterocycles. The molecule has 2 amide bonds. The summed E-state index contributed by atoms with van der Waals surface area (Å²) in [6.07, 6.45) is 4.02. The number of amides is 2. The van der Waals surface area contributed by atoms with E-state index in [1.54, 1.807) is 31.2 Å². The first-order valence-corrected chi connectivity index (χ1v) is 12.6. The average Bonchev–Trinajstić information content (AvgIpc) is 3.67. The Bertz CT molecular complexity index is 1030. The Hall–Kier alpha value is -3.14. The molecule has 0 unspecified atom stereocenters. The van der Waals surface area contributed by atoms with Gasteiger partial charge >= 0.3 is 5.97 Å².